The van der Waals surface area contributed by atoms with E-state index in [1.165, 1.54) is 7.11 Å². The lowest BCUT2D eigenvalue weighted by atomic mass is 9.74. The number of nitrogens with one attached hydrogen (secondary N) is 1. The zero-order chi connectivity index (χ0) is 27.2. The molecule has 1 aromatic rings. The highest BCUT2D eigenvalue weighted by atomic mass is 19.4. The summed E-state index contributed by atoms with van der Waals surface area (Å²) in [6.07, 6.45) is -2.44. The van der Waals surface area contributed by atoms with E-state index in [1.54, 1.807) is 29.2 Å². The van der Waals surface area contributed by atoms with Gasteiger partial charge < -0.3 is 25.0 Å². The first-order chi connectivity index (χ1) is 17.5. The third-order valence-corrected chi connectivity index (χ3v) is 7.32. The Balaban J connectivity index is 1.63. The summed E-state index contributed by atoms with van der Waals surface area (Å²) in [5.74, 6) is -2.36. The lowest BCUT2D eigenvalue weighted by Gasteiger charge is -2.38. The van der Waals surface area contributed by atoms with E-state index in [0.29, 0.717) is 36.9 Å². The molecule has 0 aromatic heterocycles. The van der Waals surface area contributed by atoms with Crippen molar-refractivity contribution in [3.8, 4) is 6.07 Å². The number of nitriles is 1. The highest BCUT2D eigenvalue weighted by Crippen LogP contribution is 2.37. The van der Waals surface area contributed by atoms with Crippen molar-refractivity contribution in [3.05, 3.63) is 29.8 Å². The van der Waals surface area contributed by atoms with E-state index in [0.717, 1.165) is 4.90 Å². The number of aliphatic hydroxyl groups is 1. The van der Waals surface area contributed by atoms with Gasteiger partial charge in [0.05, 0.1) is 31.1 Å². The van der Waals surface area contributed by atoms with Crippen LogP contribution in [0.5, 0.6) is 0 Å². The number of carbonyl (C=O) groups excluding carboxylic acids is 3. The molecule has 2 N–H and O–H groups in total. The van der Waals surface area contributed by atoms with Gasteiger partial charge in [-0.1, -0.05) is 12.1 Å². The maximum atomic E-state index is 13.0. The van der Waals surface area contributed by atoms with Crippen LogP contribution in [-0.4, -0.2) is 78.4 Å². The van der Waals surface area contributed by atoms with Crippen LogP contribution < -0.4 is 5.32 Å². The molecule has 0 atom stereocenters. The number of rotatable bonds is 6. The fraction of sp³-hybridized carbons (Fsp3) is 0.600. The van der Waals surface area contributed by atoms with Crippen LogP contribution >= 0.6 is 0 Å². The van der Waals surface area contributed by atoms with Gasteiger partial charge in [-0.2, -0.15) is 18.4 Å². The predicted molar refractivity (Wildman–Crippen MR) is 126 cm³/mol. The van der Waals surface area contributed by atoms with Crippen LogP contribution in [0.3, 0.4) is 0 Å². The molecule has 1 aromatic carbocycles. The van der Waals surface area contributed by atoms with E-state index in [2.05, 4.69) is 11.4 Å². The number of benzene rings is 1. The third-order valence-electron chi connectivity index (χ3n) is 7.32. The Bertz CT molecular complexity index is 1010. The van der Waals surface area contributed by atoms with Crippen LogP contribution in [0.25, 0.3) is 0 Å². The van der Waals surface area contributed by atoms with Crippen molar-refractivity contribution in [3.63, 3.8) is 0 Å². The van der Waals surface area contributed by atoms with Crippen molar-refractivity contribution < 1.29 is 37.4 Å². The van der Waals surface area contributed by atoms with Crippen molar-refractivity contribution in [1.29, 1.82) is 5.26 Å². The van der Waals surface area contributed by atoms with Gasteiger partial charge in [-0.25, -0.2) is 4.79 Å². The van der Waals surface area contributed by atoms with Crippen molar-refractivity contribution in [1.82, 2.24) is 9.80 Å². The molecule has 1 saturated heterocycles. The Kier molecular flexibility index (Phi) is 9.02. The Morgan fingerprint density at radius 1 is 1.16 bits per heavy atom. The smallest absolute Gasteiger partial charge is 0.469 e. The maximum Gasteiger partial charge on any atom is 0.471 e. The van der Waals surface area contributed by atoms with Crippen LogP contribution in [0.2, 0.25) is 0 Å². The van der Waals surface area contributed by atoms with Gasteiger partial charge in [0, 0.05) is 31.4 Å². The van der Waals surface area contributed by atoms with E-state index >= 15 is 0 Å². The first kappa shape index (κ1) is 28.2. The first-order valence-corrected chi connectivity index (χ1v) is 12.2. The number of ether oxygens (including phenoxy) is 1. The molecule has 0 unspecified atom stereocenters. The molecule has 1 aliphatic heterocycles. The van der Waals surface area contributed by atoms with Crippen molar-refractivity contribution in [2.24, 2.45) is 5.92 Å². The summed E-state index contributed by atoms with van der Waals surface area (Å²) in [7, 11) is 1.35. The van der Waals surface area contributed by atoms with E-state index in [1.807, 2.05) is 0 Å². The summed E-state index contributed by atoms with van der Waals surface area (Å²) >= 11 is 0. The fourth-order valence-electron chi connectivity index (χ4n) is 5.15. The molecule has 37 heavy (non-hydrogen) atoms. The summed E-state index contributed by atoms with van der Waals surface area (Å²) in [6, 6.07) is 8.20. The summed E-state index contributed by atoms with van der Waals surface area (Å²) in [5, 5.41) is 22.1. The highest BCUT2D eigenvalue weighted by Gasteiger charge is 2.46. The number of carbonyl (C=O) groups is 3. The second-order valence-corrected chi connectivity index (χ2v) is 9.44. The summed E-state index contributed by atoms with van der Waals surface area (Å²) in [4.78, 5) is 38.6. The van der Waals surface area contributed by atoms with E-state index in [-0.39, 0.29) is 57.0 Å². The minimum Gasteiger partial charge on any atom is -0.469 e. The Hall–Kier alpha value is -3.33. The molecule has 3 amide bonds. The summed E-state index contributed by atoms with van der Waals surface area (Å²) in [6.45, 7) is -0.457. The molecule has 2 fully saturated rings. The minimum absolute atomic E-state index is 0.0650. The zero-order valence-corrected chi connectivity index (χ0v) is 20.6. The molecule has 0 spiro atoms. The number of esters is 1. The number of methoxy groups -OCH3 is 1. The van der Waals surface area contributed by atoms with Gasteiger partial charge in [-0.05, 0) is 56.2 Å². The van der Waals surface area contributed by atoms with Crippen molar-refractivity contribution in [2.45, 2.75) is 56.2 Å². The Morgan fingerprint density at radius 2 is 1.76 bits per heavy atom. The maximum absolute atomic E-state index is 13.0. The molecule has 12 heteroatoms. The SMILES string of the molecule is COC(=O)C1CCC(N(CCO)C(=O)Nc2ccc(C3(C#N)CCN(C(=O)C(F)(F)F)CC3)cc2)CC1. The van der Waals surface area contributed by atoms with Crippen molar-refractivity contribution >= 4 is 23.6 Å². The number of urea groups is 1. The number of amides is 3. The van der Waals surface area contributed by atoms with E-state index < -0.39 is 23.5 Å². The number of hydrogen-bond acceptors (Lipinski definition) is 6. The normalized spacial score (nSPS) is 21.5. The van der Waals surface area contributed by atoms with Gasteiger partial charge in [-0.15, -0.1) is 0 Å². The number of anilines is 1. The monoisotopic (exact) mass is 524 g/mol. The fourth-order valence-corrected chi connectivity index (χ4v) is 5.15. The predicted octanol–water partition coefficient (Wildman–Crippen LogP) is 3.19. The molecule has 1 aliphatic carbocycles. The van der Waals surface area contributed by atoms with Gasteiger partial charge in [0.1, 0.15) is 0 Å². The summed E-state index contributed by atoms with van der Waals surface area (Å²) in [5.41, 5.74) is 0.0183. The van der Waals surface area contributed by atoms with Crippen LogP contribution in [0.15, 0.2) is 24.3 Å². The van der Waals surface area contributed by atoms with Crippen LogP contribution in [0, 0.1) is 17.2 Å². The van der Waals surface area contributed by atoms with Crippen molar-refractivity contribution in [2.75, 3.05) is 38.7 Å². The second kappa shape index (κ2) is 11.8. The van der Waals surface area contributed by atoms with Crippen LogP contribution in [0.1, 0.15) is 44.1 Å². The quantitative estimate of drug-likeness (QED) is 0.551. The molecular weight excluding hydrogens is 493 g/mol. The molecule has 9 nitrogen and oxygen atoms in total. The number of aliphatic hydroxyl groups excluding tert-OH is 1. The van der Waals surface area contributed by atoms with Gasteiger partial charge >= 0.3 is 24.1 Å². The second-order valence-electron chi connectivity index (χ2n) is 9.44. The lowest BCUT2D eigenvalue weighted by molar-refractivity contribution is -0.186. The molecule has 1 heterocycles. The topological polar surface area (TPSA) is 123 Å². The number of likely N-dealkylation sites (tertiary alicyclic amines) is 1. The number of nitrogens with zero attached hydrogens (tertiary/aromatic N) is 3. The molecular formula is C25H31F3N4O5. The Labute approximate surface area is 213 Å². The average molecular weight is 525 g/mol. The van der Waals surface area contributed by atoms with Gasteiger partial charge in [0.15, 0.2) is 0 Å². The van der Waals surface area contributed by atoms with Gasteiger partial charge in [0.2, 0.25) is 0 Å². The standard InChI is InChI=1S/C25H31F3N4O5/c1-37-21(34)17-2-8-20(9-3-17)32(14-15-33)23(36)30-19-6-4-18(5-7-19)24(16-29)10-12-31(13-11-24)22(35)25(26,27)28/h4-7,17,20,33H,2-3,8-15H2,1H3,(H,30,36). The first-order valence-electron chi connectivity index (χ1n) is 12.2. The average Bonchev–Trinajstić information content (AvgIpc) is 2.91. The lowest BCUT2D eigenvalue weighted by Crippen LogP contribution is -2.49. The molecule has 0 bridgehead atoms. The number of piperidine rings is 1. The summed E-state index contributed by atoms with van der Waals surface area (Å²) < 4.78 is 43.0. The molecule has 0 radical (unpaired) electrons. The third kappa shape index (κ3) is 6.52. The molecule has 202 valence electrons. The molecule has 2 aliphatic rings. The van der Waals surface area contributed by atoms with E-state index in [9.17, 15) is 37.9 Å². The molecule has 3 rings (SSSR count). The van der Waals surface area contributed by atoms with E-state index in [4.69, 9.17) is 4.74 Å². The van der Waals surface area contributed by atoms with Gasteiger partial charge in [-0.3, -0.25) is 9.59 Å². The largest absolute Gasteiger partial charge is 0.471 e. The number of hydrogen-bond donors (Lipinski definition) is 2. The van der Waals surface area contributed by atoms with Gasteiger partial charge in [0.25, 0.3) is 0 Å². The number of halogens is 3. The highest BCUT2D eigenvalue weighted by molar-refractivity contribution is 5.89. The minimum atomic E-state index is -4.95. The van der Waals surface area contributed by atoms with Crippen LogP contribution in [0.4, 0.5) is 23.7 Å². The molecule has 1 saturated carbocycles. The Morgan fingerprint density at radius 3 is 2.24 bits per heavy atom. The number of alkyl halides is 3. The van der Waals surface area contributed by atoms with Crippen LogP contribution in [-0.2, 0) is 19.7 Å². The zero-order valence-electron chi connectivity index (χ0n) is 20.6.